The Morgan fingerprint density at radius 3 is 2.91 bits per heavy atom. The van der Waals surface area contributed by atoms with E-state index in [1.54, 1.807) is 0 Å². The first-order chi connectivity index (χ1) is 10.7. The van der Waals surface area contributed by atoms with Crippen LogP contribution in [0.3, 0.4) is 0 Å². The quantitative estimate of drug-likeness (QED) is 0.895. The Labute approximate surface area is 138 Å². The van der Waals surface area contributed by atoms with Gasteiger partial charge in [0.1, 0.15) is 5.82 Å². The molecule has 1 spiro atoms. The van der Waals surface area contributed by atoms with E-state index >= 15 is 0 Å². The van der Waals surface area contributed by atoms with Crippen LogP contribution in [0.15, 0.2) is 0 Å². The number of hydrogen-bond acceptors (Lipinski definition) is 3. The molecule has 124 valence electrons. The lowest BCUT2D eigenvalue weighted by Crippen LogP contribution is -2.45. The Morgan fingerprint density at radius 2 is 2.14 bits per heavy atom. The molecule has 0 atom stereocenters. The van der Waals surface area contributed by atoms with Crippen LogP contribution in [0.2, 0.25) is 5.15 Å². The lowest BCUT2D eigenvalue weighted by atomic mass is 9.74. The maximum absolute atomic E-state index is 6.33. The average molecular weight is 326 g/mol. The van der Waals surface area contributed by atoms with Crippen LogP contribution in [-0.4, -0.2) is 41.2 Å². The summed E-state index contributed by atoms with van der Waals surface area (Å²) in [5, 5.41) is 0.665. The molecule has 0 aromatic carbocycles. The summed E-state index contributed by atoms with van der Waals surface area (Å²) in [5.74, 6) is 1.04. The molecule has 2 fully saturated rings. The van der Waals surface area contributed by atoms with Crippen LogP contribution in [0.5, 0.6) is 0 Å². The molecular formula is C17H28ClN3O. The van der Waals surface area contributed by atoms with Crippen molar-refractivity contribution in [3.05, 3.63) is 16.7 Å². The highest BCUT2D eigenvalue weighted by Gasteiger charge is 2.37. The number of nitrogens with zero attached hydrogens (tertiary/aromatic N) is 2. The van der Waals surface area contributed by atoms with E-state index in [1.807, 2.05) is 0 Å². The lowest BCUT2D eigenvalue weighted by molar-refractivity contribution is -0.0293. The summed E-state index contributed by atoms with van der Waals surface area (Å²) < 4.78 is 5.55. The Bertz CT molecular complexity index is 477. The first-order valence-electron chi connectivity index (χ1n) is 8.74. The van der Waals surface area contributed by atoms with Crippen molar-refractivity contribution in [1.82, 2.24) is 14.9 Å². The minimum absolute atomic E-state index is 0.480. The van der Waals surface area contributed by atoms with Gasteiger partial charge in [0.25, 0.3) is 0 Å². The zero-order valence-corrected chi connectivity index (χ0v) is 14.4. The summed E-state index contributed by atoms with van der Waals surface area (Å²) in [6, 6.07) is 0. The standard InChI is InChI=1S/C17H28ClN3O/c1-2-3-5-15-19-14(16(18)20-15)12-21-9-4-6-17(13-21)7-10-22-11-8-17/h2-13H2,1H3,(H,19,20). The maximum atomic E-state index is 6.33. The number of unbranched alkanes of at least 4 members (excludes halogenated alkanes) is 1. The zero-order valence-electron chi connectivity index (χ0n) is 13.7. The van der Waals surface area contributed by atoms with Crippen molar-refractivity contribution in [2.75, 3.05) is 26.3 Å². The van der Waals surface area contributed by atoms with E-state index in [-0.39, 0.29) is 0 Å². The molecule has 1 aromatic rings. The van der Waals surface area contributed by atoms with Crippen molar-refractivity contribution in [1.29, 1.82) is 0 Å². The summed E-state index contributed by atoms with van der Waals surface area (Å²) in [5.41, 5.74) is 1.57. The van der Waals surface area contributed by atoms with Gasteiger partial charge in [0, 0.05) is 32.7 Å². The third-order valence-corrected chi connectivity index (χ3v) is 5.53. The number of halogens is 1. The Kier molecular flexibility index (Phi) is 5.42. The highest BCUT2D eigenvalue weighted by molar-refractivity contribution is 6.30. The lowest BCUT2D eigenvalue weighted by Gasteiger charge is -2.45. The number of aryl methyl sites for hydroxylation is 1. The molecule has 2 saturated heterocycles. The normalized spacial score (nSPS) is 22.3. The molecule has 1 aromatic heterocycles. The Balaban J connectivity index is 1.61. The van der Waals surface area contributed by atoms with Crippen molar-refractivity contribution in [3.63, 3.8) is 0 Å². The minimum atomic E-state index is 0.480. The first-order valence-corrected chi connectivity index (χ1v) is 9.12. The van der Waals surface area contributed by atoms with Crippen LogP contribution < -0.4 is 0 Å². The predicted molar refractivity (Wildman–Crippen MR) is 89.2 cm³/mol. The fourth-order valence-corrected chi connectivity index (χ4v) is 4.10. The molecule has 4 nitrogen and oxygen atoms in total. The number of aromatic nitrogens is 2. The predicted octanol–water partition coefficient (Wildman–Crippen LogP) is 3.80. The summed E-state index contributed by atoms with van der Waals surface area (Å²) in [6.45, 7) is 7.31. The highest BCUT2D eigenvalue weighted by Crippen LogP contribution is 2.39. The number of hydrogen-bond donors (Lipinski definition) is 1. The molecule has 0 amide bonds. The largest absolute Gasteiger partial charge is 0.381 e. The molecule has 0 saturated carbocycles. The van der Waals surface area contributed by atoms with Crippen LogP contribution in [0, 0.1) is 5.41 Å². The van der Waals surface area contributed by atoms with Crippen molar-refractivity contribution < 1.29 is 4.74 Å². The van der Waals surface area contributed by atoms with Gasteiger partial charge in [-0.1, -0.05) is 24.9 Å². The summed E-state index contributed by atoms with van der Waals surface area (Å²) in [7, 11) is 0. The van der Waals surface area contributed by atoms with E-state index in [0.717, 1.165) is 44.1 Å². The third kappa shape index (κ3) is 3.84. The minimum Gasteiger partial charge on any atom is -0.381 e. The zero-order chi connectivity index (χ0) is 15.4. The van der Waals surface area contributed by atoms with Crippen LogP contribution in [-0.2, 0) is 17.7 Å². The molecule has 2 aliphatic rings. The second kappa shape index (κ2) is 7.33. The maximum Gasteiger partial charge on any atom is 0.151 e. The number of H-pyrrole nitrogens is 1. The topological polar surface area (TPSA) is 41.2 Å². The van der Waals surface area contributed by atoms with Gasteiger partial charge in [0.15, 0.2) is 5.15 Å². The van der Waals surface area contributed by atoms with Crippen LogP contribution in [0.25, 0.3) is 0 Å². The van der Waals surface area contributed by atoms with Gasteiger partial charge in [0.05, 0.1) is 5.69 Å². The molecule has 5 heteroatoms. The van der Waals surface area contributed by atoms with Gasteiger partial charge < -0.3 is 9.72 Å². The second-order valence-corrected chi connectivity index (χ2v) is 7.34. The van der Waals surface area contributed by atoms with E-state index in [1.165, 1.54) is 45.2 Å². The van der Waals surface area contributed by atoms with Gasteiger partial charge >= 0.3 is 0 Å². The van der Waals surface area contributed by atoms with Crippen LogP contribution in [0.4, 0.5) is 0 Å². The van der Waals surface area contributed by atoms with Crippen LogP contribution in [0.1, 0.15) is 57.0 Å². The molecule has 0 unspecified atom stereocenters. The molecule has 3 rings (SSSR count). The number of imidazole rings is 1. The van der Waals surface area contributed by atoms with Gasteiger partial charge in [-0.2, -0.15) is 0 Å². The highest BCUT2D eigenvalue weighted by atomic mass is 35.5. The van der Waals surface area contributed by atoms with Gasteiger partial charge in [-0.3, -0.25) is 4.90 Å². The third-order valence-electron chi connectivity index (χ3n) is 5.22. The average Bonchev–Trinajstić information content (AvgIpc) is 2.86. The molecule has 1 N–H and O–H groups in total. The Morgan fingerprint density at radius 1 is 1.32 bits per heavy atom. The van der Waals surface area contributed by atoms with Gasteiger partial charge in [-0.15, -0.1) is 0 Å². The number of likely N-dealkylation sites (tertiary alicyclic amines) is 1. The molecule has 0 radical (unpaired) electrons. The summed E-state index contributed by atoms with van der Waals surface area (Å²) >= 11 is 6.33. The molecule has 22 heavy (non-hydrogen) atoms. The van der Waals surface area contributed by atoms with E-state index in [2.05, 4.69) is 21.8 Å². The monoisotopic (exact) mass is 325 g/mol. The molecular weight excluding hydrogens is 298 g/mol. The van der Waals surface area contributed by atoms with E-state index in [9.17, 15) is 0 Å². The second-order valence-electron chi connectivity index (χ2n) is 6.98. The van der Waals surface area contributed by atoms with Crippen molar-refractivity contribution in [2.24, 2.45) is 5.41 Å². The van der Waals surface area contributed by atoms with Gasteiger partial charge in [-0.05, 0) is 44.1 Å². The van der Waals surface area contributed by atoms with Gasteiger partial charge in [0.2, 0.25) is 0 Å². The molecule has 2 aliphatic heterocycles. The number of ether oxygens (including phenoxy) is 1. The molecule has 0 bridgehead atoms. The van der Waals surface area contributed by atoms with Crippen molar-refractivity contribution in [3.8, 4) is 0 Å². The van der Waals surface area contributed by atoms with Crippen LogP contribution >= 0.6 is 11.6 Å². The molecule has 3 heterocycles. The molecule has 0 aliphatic carbocycles. The number of rotatable bonds is 5. The van der Waals surface area contributed by atoms with Crippen molar-refractivity contribution in [2.45, 2.75) is 58.4 Å². The number of nitrogens with one attached hydrogen (secondary N) is 1. The summed E-state index contributed by atoms with van der Waals surface area (Å²) in [6.07, 6.45) is 8.40. The van der Waals surface area contributed by atoms with Gasteiger partial charge in [-0.25, -0.2) is 4.98 Å². The number of piperidine rings is 1. The van der Waals surface area contributed by atoms with E-state index in [4.69, 9.17) is 16.3 Å². The number of aromatic amines is 1. The summed E-state index contributed by atoms with van der Waals surface area (Å²) in [4.78, 5) is 10.5. The SMILES string of the molecule is CCCCc1nc(Cl)c(CN2CCCC3(CCOCC3)C2)[nH]1. The first kappa shape index (κ1) is 16.3. The van der Waals surface area contributed by atoms with E-state index in [0.29, 0.717) is 10.6 Å². The fraction of sp³-hybridized carbons (Fsp3) is 0.824. The van der Waals surface area contributed by atoms with E-state index < -0.39 is 0 Å². The Hall–Kier alpha value is -0.580. The smallest absolute Gasteiger partial charge is 0.151 e. The fourth-order valence-electron chi connectivity index (χ4n) is 3.89. The van der Waals surface area contributed by atoms with Crippen molar-refractivity contribution >= 4 is 11.6 Å².